The van der Waals surface area contributed by atoms with E-state index in [1.54, 1.807) is 30.3 Å². The second kappa shape index (κ2) is 8.42. The van der Waals surface area contributed by atoms with Gasteiger partial charge in [-0.1, -0.05) is 36.4 Å². The lowest BCUT2D eigenvalue weighted by Gasteiger charge is -2.21. The quantitative estimate of drug-likeness (QED) is 0.648. The number of ether oxygens (including phenoxy) is 1. The molecule has 24 heavy (non-hydrogen) atoms. The summed E-state index contributed by atoms with van der Waals surface area (Å²) >= 11 is 3.13. The van der Waals surface area contributed by atoms with Crippen LogP contribution in [-0.2, 0) is 16.1 Å². The number of hydrogen-bond donors (Lipinski definition) is 3. The molecular weight excluding hydrogens is 380 g/mol. The van der Waals surface area contributed by atoms with Crippen LogP contribution in [-0.4, -0.2) is 33.3 Å². The molecule has 0 fully saturated rings. The van der Waals surface area contributed by atoms with Gasteiger partial charge in [0.2, 0.25) is 0 Å². The van der Waals surface area contributed by atoms with Crippen LogP contribution < -0.4 is 5.32 Å². The van der Waals surface area contributed by atoms with Gasteiger partial charge in [-0.25, -0.2) is 14.6 Å². The second-order valence-electron chi connectivity index (χ2n) is 4.85. The van der Waals surface area contributed by atoms with Crippen LogP contribution in [0.5, 0.6) is 0 Å². The van der Waals surface area contributed by atoms with Crippen molar-refractivity contribution >= 4 is 28.0 Å². The van der Waals surface area contributed by atoms with Crippen molar-refractivity contribution in [3.63, 3.8) is 0 Å². The summed E-state index contributed by atoms with van der Waals surface area (Å²) in [5, 5.41) is 21.7. The van der Waals surface area contributed by atoms with E-state index in [1.807, 2.05) is 6.07 Å². The fourth-order valence-corrected chi connectivity index (χ4v) is 2.45. The number of carbonyl (C=O) groups excluding carboxylic acids is 1. The first-order chi connectivity index (χ1) is 11.5. The van der Waals surface area contributed by atoms with Crippen LogP contribution in [0.2, 0.25) is 0 Å². The number of aliphatic carboxylic acids is 1. The average Bonchev–Trinajstić information content (AvgIpc) is 2.58. The Kier molecular flexibility index (Phi) is 6.28. The molecule has 126 valence electrons. The molecule has 0 saturated heterocycles. The summed E-state index contributed by atoms with van der Waals surface area (Å²) in [6.07, 6.45) is -0.947. The number of rotatable bonds is 6. The van der Waals surface area contributed by atoms with Crippen LogP contribution in [0.15, 0.2) is 53.3 Å². The Morgan fingerprint density at radius 1 is 1.21 bits per heavy atom. The smallest absolute Gasteiger partial charge is 0.408 e. The highest BCUT2D eigenvalue weighted by atomic mass is 79.9. The van der Waals surface area contributed by atoms with Gasteiger partial charge in [0.15, 0.2) is 6.04 Å². The first-order valence-corrected chi connectivity index (χ1v) is 7.77. The molecule has 1 aromatic carbocycles. The summed E-state index contributed by atoms with van der Waals surface area (Å²) in [4.78, 5) is 27.1. The molecule has 0 spiro atoms. The summed E-state index contributed by atoms with van der Waals surface area (Å²) < 4.78 is 5.27. The maximum Gasteiger partial charge on any atom is 0.408 e. The number of amides is 1. The highest BCUT2D eigenvalue weighted by Gasteiger charge is 2.31. The number of aliphatic hydroxyl groups is 1. The zero-order valence-corrected chi connectivity index (χ0v) is 14.0. The van der Waals surface area contributed by atoms with E-state index in [0.29, 0.717) is 4.60 Å². The standard InChI is InChI=1S/C16H15BrN2O5/c17-14-11(7-4-8-18-14)13(20)12(15(21)22)19-16(23)24-9-10-5-2-1-3-6-10/h1-8,12-13,20H,9H2,(H,19,23)(H,21,22). The molecule has 2 rings (SSSR count). The molecule has 1 heterocycles. The SMILES string of the molecule is O=C(NC(C(=O)O)C(O)c1cccnc1Br)OCc1ccccc1. The molecule has 1 amide bonds. The Bertz CT molecular complexity index is 711. The Labute approximate surface area is 146 Å². The molecule has 7 nitrogen and oxygen atoms in total. The third-order valence-corrected chi connectivity index (χ3v) is 3.84. The van der Waals surface area contributed by atoms with E-state index in [9.17, 15) is 19.8 Å². The summed E-state index contributed by atoms with van der Waals surface area (Å²) in [5.74, 6) is -1.39. The van der Waals surface area contributed by atoms with E-state index in [4.69, 9.17) is 4.74 Å². The molecule has 0 aliphatic rings. The van der Waals surface area contributed by atoms with Crippen molar-refractivity contribution in [2.24, 2.45) is 0 Å². The number of halogens is 1. The highest BCUT2D eigenvalue weighted by molar-refractivity contribution is 9.10. The minimum atomic E-state index is -1.58. The molecule has 3 N–H and O–H groups in total. The number of nitrogens with zero attached hydrogens (tertiary/aromatic N) is 1. The van der Waals surface area contributed by atoms with Crippen molar-refractivity contribution in [2.75, 3.05) is 0 Å². The number of alkyl carbamates (subject to hydrolysis) is 1. The van der Waals surface area contributed by atoms with E-state index >= 15 is 0 Å². The number of aromatic nitrogens is 1. The van der Waals surface area contributed by atoms with Gasteiger partial charge in [0, 0.05) is 11.8 Å². The predicted octanol–water partition coefficient (Wildman–Crippen LogP) is 2.26. The topological polar surface area (TPSA) is 109 Å². The van der Waals surface area contributed by atoms with Crippen LogP contribution in [0.3, 0.4) is 0 Å². The van der Waals surface area contributed by atoms with Gasteiger partial charge in [-0.2, -0.15) is 0 Å². The van der Waals surface area contributed by atoms with Gasteiger partial charge >= 0.3 is 12.1 Å². The summed E-state index contributed by atoms with van der Waals surface area (Å²) in [7, 11) is 0. The van der Waals surface area contributed by atoms with Crippen molar-refractivity contribution in [1.29, 1.82) is 0 Å². The molecule has 0 radical (unpaired) electrons. The van der Waals surface area contributed by atoms with Crippen molar-refractivity contribution in [1.82, 2.24) is 10.3 Å². The van der Waals surface area contributed by atoms with Crippen LogP contribution in [0.4, 0.5) is 4.79 Å². The van der Waals surface area contributed by atoms with Gasteiger partial charge in [-0.05, 0) is 27.6 Å². The van der Waals surface area contributed by atoms with Crippen molar-refractivity contribution in [3.8, 4) is 0 Å². The number of pyridine rings is 1. The second-order valence-corrected chi connectivity index (χ2v) is 5.60. The molecule has 0 bridgehead atoms. The maximum absolute atomic E-state index is 11.8. The van der Waals surface area contributed by atoms with Crippen molar-refractivity contribution in [3.05, 3.63) is 64.4 Å². The Balaban J connectivity index is 2.01. The zero-order valence-electron chi connectivity index (χ0n) is 12.4. The molecular formula is C16H15BrN2O5. The first kappa shape index (κ1) is 17.9. The third-order valence-electron chi connectivity index (χ3n) is 3.17. The monoisotopic (exact) mass is 394 g/mol. The van der Waals surface area contributed by atoms with Crippen LogP contribution in [0.1, 0.15) is 17.2 Å². The normalized spacial score (nSPS) is 12.9. The van der Waals surface area contributed by atoms with E-state index in [-0.39, 0.29) is 12.2 Å². The van der Waals surface area contributed by atoms with Gasteiger partial charge in [-0.3, -0.25) is 0 Å². The number of carboxylic acids is 1. The number of carboxylic acid groups (broad SMARTS) is 1. The van der Waals surface area contributed by atoms with Crippen LogP contribution in [0.25, 0.3) is 0 Å². The summed E-state index contributed by atoms with van der Waals surface area (Å²) in [6.45, 7) is -0.00824. The van der Waals surface area contributed by atoms with Gasteiger partial charge in [0.1, 0.15) is 17.3 Å². The predicted molar refractivity (Wildman–Crippen MR) is 88.1 cm³/mol. The number of benzene rings is 1. The molecule has 2 atom stereocenters. The third kappa shape index (κ3) is 4.77. The van der Waals surface area contributed by atoms with E-state index in [2.05, 4.69) is 26.2 Å². The molecule has 2 aromatic rings. The first-order valence-electron chi connectivity index (χ1n) is 6.97. The molecule has 0 saturated carbocycles. The lowest BCUT2D eigenvalue weighted by molar-refractivity contribution is -0.142. The van der Waals surface area contributed by atoms with Gasteiger partial charge in [-0.15, -0.1) is 0 Å². The Hall–Kier alpha value is -2.45. The Morgan fingerprint density at radius 2 is 1.92 bits per heavy atom. The van der Waals surface area contributed by atoms with E-state index < -0.39 is 24.2 Å². The molecule has 1 aromatic heterocycles. The summed E-state index contributed by atoms with van der Waals surface area (Å²) in [6, 6.07) is 10.4. The molecule has 8 heteroatoms. The molecule has 2 unspecified atom stereocenters. The number of nitrogens with one attached hydrogen (secondary N) is 1. The fraction of sp³-hybridized carbons (Fsp3) is 0.188. The van der Waals surface area contributed by atoms with E-state index in [0.717, 1.165) is 5.56 Å². The van der Waals surface area contributed by atoms with Crippen molar-refractivity contribution < 1.29 is 24.5 Å². The largest absolute Gasteiger partial charge is 0.480 e. The number of hydrogen-bond acceptors (Lipinski definition) is 5. The minimum absolute atomic E-state index is 0.00824. The lowest BCUT2D eigenvalue weighted by Crippen LogP contribution is -2.45. The number of carbonyl (C=O) groups is 2. The summed E-state index contributed by atoms with van der Waals surface area (Å²) in [5.41, 5.74) is 1.00. The fourth-order valence-electron chi connectivity index (χ4n) is 1.97. The van der Waals surface area contributed by atoms with E-state index in [1.165, 1.54) is 12.3 Å². The zero-order chi connectivity index (χ0) is 17.5. The van der Waals surface area contributed by atoms with Gasteiger partial charge in [0.05, 0.1) is 0 Å². The lowest BCUT2D eigenvalue weighted by atomic mass is 10.0. The Morgan fingerprint density at radius 3 is 2.54 bits per heavy atom. The maximum atomic E-state index is 11.8. The molecule has 0 aliphatic carbocycles. The minimum Gasteiger partial charge on any atom is -0.480 e. The average molecular weight is 395 g/mol. The van der Waals surface area contributed by atoms with Crippen LogP contribution in [0, 0.1) is 0 Å². The number of aliphatic hydroxyl groups excluding tert-OH is 1. The van der Waals surface area contributed by atoms with Crippen molar-refractivity contribution in [2.45, 2.75) is 18.8 Å². The van der Waals surface area contributed by atoms with Crippen LogP contribution >= 0.6 is 15.9 Å². The van der Waals surface area contributed by atoms with Gasteiger partial charge in [0.25, 0.3) is 0 Å². The van der Waals surface area contributed by atoms with Gasteiger partial charge < -0.3 is 20.3 Å². The molecule has 0 aliphatic heterocycles. The highest BCUT2D eigenvalue weighted by Crippen LogP contribution is 2.23.